The van der Waals surface area contributed by atoms with Crippen LogP contribution in [0.5, 0.6) is 0 Å². The monoisotopic (exact) mass is 233 g/mol. The molecule has 0 aliphatic rings. The summed E-state index contributed by atoms with van der Waals surface area (Å²) in [6, 6.07) is 6.36. The van der Waals surface area contributed by atoms with Crippen LogP contribution in [0.25, 0.3) is 5.69 Å². The molecule has 0 aliphatic heterocycles. The van der Waals surface area contributed by atoms with Gasteiger partial charge in [-0.25, -0.2) is 9.07 Å². The number of benzene rings is 1. The zero-order valence-electron chi connectivity index (χ0n) is 10.1. The molecule has 1 aromatic heterocycles. The van der Waals surface area contributed by atoms with Crippen LogP contribution in [-0.4, -0.2) is 23.4 Å². The molecule has 0 fully saturated rings. The van der Waals surface area contributed by atoms with Crippen molar-refractivity contribution in [3.05, 3.63) is 47.5 Å². The molecule has 0 atom stereocenters. The molecule has 0 bridgehead atoms. The Bertz CT molecular complexity index is 488. The maximum atomic E-state index is 12.8. The van der Waals surface area contributed by atoms with Gasteiger partial charge in [0.25, 0.3) is 0 Å². The molecule has 1 N–H and O–H groups in total. The smallest absolute Gasteiger partial charge is 0.123 e. The van der Waals surface area contributed by atoms with Gasteiger partial charge in [0.2, 0.25) is 0 Å². The standard InChI is InChI=1S/C13H16FN3/c1-10-11(7-8-15-2)9-16-17(10)13-5-3-12(14)4-6-13/h3-6,9,15H,7-8H2,1-2H3. The van der Waals surface area contributed by atoms with E-state index >= 15 is 0 Å². The third-order valence-electron chi connectivity index (χ3n) is 2.83. The van der Waals surface area contributed by atoms with Crippen LogP contribution in [0.15, 0.2) is 30.5 Å². The van der Waals surface area contributed by atoms with Gasteiger partial charge in [0.15, 0.2) is 0 Å². The summed E-state index contributed by atoms with van der Waals surface area (Å²) in [5, 5.41) is 7.45. The lowest BCUT2D eigenvalue weighted by molar-refractivity contribution is 0.627. The lowest BCUT2D eigenvalue weighted by atomic mass is 10.2. The Balaban J connectivity index is 2.27. The quantitative estimate of drug-likeness (QED) is 0.876. The molecule has 2 aromatic rings. The zero-order valence-corrected chi connectivity index (χ0v) is 10.1. The first-order chi connectivity index (χ1) is 8.22. The van der Waals surface area contributed by atoms with Crippen molar-refractivity contribution in [1.29, 1.82) is 0 Å². The Hall–Kier alpha value is -1.68. The second-order valence-electron chi connectivity index (χ2n) is 4.00. The highest BCUT2D eigenvalue weighted by molar-refractivity contribution is 5.34. The van der Waals surface area contributed by atoms with Crippen LogP contribution in [0.2, 0.25) is 0 Å². The van der Waals surface area contributed by atoms with Crippen LogP contribution in [0, 0.1) is 12.7 Å². The van der Waals surface area contributed by atoms with Crippen molar-refractivity contribution in [2.75, 3.05) is 13.6 Å². The molecule has 0 saturated carbocycles. The van der Waals surface area contributed by atoms with Crippen molar-refractivity contribution in [2.45, 2.75) is 13.3 Å². The number of hydrogen-bond acceptors (Lipinski definition) is 2. The maximum Gasteiger partial charge on any atom is 0.123 e. The van der Waals surface area contributed by atoms with Gasteiger partial charge in [0.05, 0.1) is 11.9 Å². The molecule has 0 aliphatic carbocycles. The summed E-state index contributed by atoms with van der Waals surface area (Å²) in [6.07, 6.45) is 2.82. The molecular formula is C13H16FN3. The van der Waals surface area contributed by atoms with Crippen LogP contribution in [0.3, 0.4) is 0 Å². The lowest BCUT2D eigenvalue weighted by Gasteiger charge is -2.05. The number of likely N-dealkylation sites (N-methyl/N-ethyl adjacent to an activating group) is 1. The molecule has 4 heteroatoms. The van der Waals surface area contributed by atoms with Crippen LogP contribution in [0.1, 0.15) is 11.3 Å². The van der Waals surface area contributed by atoms with Gasteiger partial charge in [0.1, 0.15) is 5.82 Å². The number of aromatic nitrogens is 2. The van der Waals surface area contributed by atoms with Crippen LogP contribution >= 0.6 is 0 Å². The predicted octanol–water partition coefficient (Wildman–Crippen LogP) is 2.08. The molecule has 3 nitrogen and oxygen atoms in total. The van der Waals surface area contributed by atoms with E-state index in [1.54, 1.807) is 12.1 Å². The number of nitrogens with one attached hydrogen (secondary N) is 1. The van der Waals surface area contributed by atoms with E-state index in [0.717, 1.165) is 24.3 Å². The first kappa shape index (κ1) is 11.8. The van der Waals surface area contributed by atoms with E-state index in [2.05, 4.69) is 10.4 Å². The first-order valence-electron chi connectivity index (χ1n) is 5.66. The molecule has 1 heterocycles. The SMILES string of the molecule is CNCCc1cnn(-c2ccc(F)cc2)c1C. The topological polar surface area (TPSA) is 29.9 Å². The van der Waals surface area contributed by atoms with Gasteiger partial charge in [-0.15, -0.1) is 0 Å². The maximum absolute atomic E-state index is 12.8. The molecule has 0 amide bonds. The fourth-order valence-corrected chi connectivity index (χ4v) is 1.79. The van der Waals surface area contributed by atoms with Gasteiger partial charge in [-0.05, 0) is 56.8 Å². The van der Waals surface area contributed by atoms with E-state index in [1.807, 2.05) is 24.9 Å². The minimum absolute atomic E-state index is 0.228. The highest BCUT2D eigenvalue weighted by Crippen LogP contribution is 2.14. The predicted molar refractivity (Wildman–Crippen MR) is 65.9 cm³/mol. The van der Waals surface area contributed by atoms with Gasteiger partial charge in [-0.3, -0.25) is 0 Å². The molecule has 2 rings (SSSR count). The summed E-state index contributed by atoms with van der Waals surface area (Å²) in [6.45, 7) is 2.96. The van der Waals surface area contributed by atoms with Crippen molar-refractivity contribution in [3.63, 3.8) is 0 Å². The van der Waals surface area contributed by atoms with Crippen molar-refractivity contribution in [2.24, 2.45) is 0 Å². The Kier molecular flexibility index (Phi) is 3.54. The van der Waals surface area contributed by atoms with E-state index in [9.17, 15) is 4.39 Å². The summed E-state index contributed by atoms with van der Waals surface area (Å²) in [4.78, 5) is 0. The van der Waals surface area contributed by atoms with Crippen molar-refractivity contribution < 1.29 is 4.39 Å². The van der Waals surface area contributed by atoms with E-state index in [4.69, 9.17) is 0 Å². The second kappa shape index (κ2) is 5.10. The Labute approximate surface area is 100 Å². The van der Waals surface area contributed by atoms with Crippen LogP contribution in [-0.2, 0) is 6.42 Å². The molecule has 1 aromatic carbocycles. The lowest BCUT2D eigenvalue weighted by Crippen LogP contribution is -2.10. The van der Waals surface area contributed by atoms with E-state index in [1.165, 1.54) is 17.7 Å². The number of rotatable bonds is 4. The highest BCUT2D eigenvalue weighted by Gasteiger charge is 2.07. The molecular weight excluding hydrogens is 217 g/mol. The fraction of sp³-hybridized carbons (Fsp3) is 0.308. The second-order valence-corrected chi connectivity index (χ2v) is 4.00. The molecule has 0 spiro atoms. The summed E-state index contributed by atoms with van der Waals surface area (Å²) < 4.78 is 14.7. The minimum Gasteiger partial charge on any atom is -0.319 e. The Morgan fingerprint density at radius 2 is 2.00 bits per heavy atom. The number of halogens is 1. The van der Waals surface area contributed by atoms with Gasteiger partial charge in [0, 0.05) is 5.69 Å². The Morgan fingerprint density at radius 3 is 2.65 bits per heavy atom. The summed E-state index contributed by atoms with van der Waals surface area (Å²) in [7, 11) is 1.93. The van der Waals surface area contributed by atoms with Crippen LogP contribution in [0.4, 0.5) is 4.39 Å². The summed E-state index contributed by atoms with van der Waals surface area (Å²) in [5.41, 5.74) is 3.20. The molecule has 0 unspecified atom stereocenters. The van der Waals surface area contributed by atoms with Gasteiger partial charge >= 0.3 is 0 Å². The van der Waals surface area contributed by atoms with Crippen molar-refractivity contribution >= 4 is 0 Å². The highest BCUT2D eigenvalue weighted by atomic mass is 19.1. The Morgan fingerprint density at radius 1 is 1.29 bits per heavy atom. The molecule has 17 heavy (non-hydrogen) atoms. The van der Waals surface area contributed by atoms with Gasteiger partial charge < -0.3 is 5.32 Å². The number of hydrogen-bond donors (Lipinski definition) is 1. The van der Waals surface area contributed by atoms with Crippen molar-refractivity contribution in [1.82, 2.24) is 15.1 Å². The van der Waals surface area contributed by atoms with E-state index in [0.29, 0.717) is 0 Å². The third-order valence-corrected chi connectivity index (χ3v) is 2.83. The average molecular weight is 233 g/mol. The average Bonchev–Trinajstić information content (AvgIpc) is 2.69. The molecule has 90 valence electrons. The van der Waals surface area contributed by atoms with E-state index < -0.39 is 0 Å². The van der Waals surface area contributed by atoms with Gasteiger partial charge in [-0.2, -0.15) is 5.10 Å². The summed E-state index contributed by atoms with van der Waals surface area (Å²) >= 11 is 0. The largest absolute Gasteiger partial charge is 0.319 e. The van der Waals surface area contributed by atoms with Crippen molar-refractivity contribution in [3.8, 4) is 5.69 Å². The first-order valence-corrected chi connectivity index (χ1v) is 5.66. The van der Waals surface area contributed by atoms with Crippen LogP contribution < -0.4 is 5.32 Å². The molecule has 0 radical (unpaired) electrons. The zero-order chi connectivity index (χ0) is 12.3. The normalized spacial score (nSPS) is 10.8. The van der Waals surface area contributed by atoms with E-state index in [-0.39, 0.29) is 5.82 Å². The fourth-order valence-electron chi connectivity index (χ4n) is 1.79. The summed E-state index contributed by atoms with van der Waals surface area (Å²) in [5.74, 6) is -0.228. The number of nitrogens with zero attached hydrogens (tertiary/aromatic N) is 2. The minimum atomic E-state index is -0.228. The van der Waals surface area contributed by atoms with Gasteiger partial charge in [-0.1, -0.05) is 0 Å². The third kappa shape index (κ3) is 2.53. The molecule has 0 saturated heterocycles.